The molecule has 156 valence electrons. The number of fused-ring (bicyclic) bond motifs is 3. The van der Waals surface area contributed by atoms with Crippen molar-refractivity contribution in [2.75, 3.05) is 12.4 Å². The van der Waals surface area contributed by atoms with Crippen LogP contribution in [0.2, 0.25) is 5.02 Å². The lowest BCUT2D eigenvalue weighted by Crippen LogP contribution is -2.38. The molecule has 5 nitrogen and oxygen atoms in total. The maximum atomic E-state index is 13.0. The highest BCUT2D eigenvalue weighted by Gasteiger charge is 2.37. The smallest absolute Gasteiger partial charge is 0.256 e. The van der Waals surface area contributed by atoms with Crippen molar-refractivity contribution in [1.82, 2.24) is 5.32 Å². The number of halogens is 1. The van der Waals surface area contributed by atoms with Gasteiger partial charge in [0, 0.05) is 4.88 Å². The molecule has 1 aromatic carbocycles. The molecular weight excluding hydrogens is 408 g/mol. The van der Waals surface area contributed by atoms with Gasteiger partial charge in [-0.25, -0.2) is 0 Å². The average Bonchev–Trinajstić information content (AvgIpc) is 3.07. The molecule has 2 heterocycles. The number of hydrogen-bond acceptors (Lipinski definition) is 5. The number of amides is 1. The summed E-state index contributed by atoms with van der Waals surface area (Å²) in [5.41, 5.74) is 3.04. The van der Waals surface area contributed by atoms with Gasteiger partial charge in [0.05, 0.1) is 17.7 Å². The van der Waals surface area contributed by atoms with Gasteiger partial charge in [-0.1, -0.05) is 38.8 Å². The number of nitrogens with one attached hydrogen (secondary N) is 2. The van der Waals surface area contributed by atoms with E-state index in [-0.39, 0.29) is 22.4 Å². The van der Waals surface area contributed by atoms with E-state index in [1.54, 1.807) is 23.5 Å². The highest BCUT2D eigenvalue weighted by molar-refractivity contribution is 7.16. The first-order chi connectivity index (χ1) is 13.7. The molecule has 29 heavy (non-hydrogen) atoms. The molecule has 3 N–H and O–H groups in total. The van der Waals surface area contributed by atoms with Crippen LogP contribution in [0.3, 0.4) is 0 Å². The van der Waals surface area contributed by atoms with Crippen LogP contribution in [0.15, 0.2) is 12.1 Å². The van der Waals surface area contributed by atoms with Gasteiger partial charge in [-0.2, -0.15) is 0 Å². The van der Waals surface area contributed by atoms with Crippen molar-refractivity contribution < 1.29 is 14.6 Å². The molecule has 1 aliphatic carbocycles. The van der Waals surface area contributed by atoms with E-state index in [0.29, 0.717) is 11.3 Å². The molecule has 4 rings (SSSR count). The zero-order valence-electron chi connectivity index (χ0n) is 17.2. The van der Waals surface area contributed by atoms with Crippen LogP contribution in [0.4, 0.5) is 5.00 Å². The molecule has 2 aromatic rings. The summed E-state index contributed by atoms with van der Waals surface area (Å²) in [7, 11) is 1.47. The maximum Gasteiger partial charge on any atom is 0.256 e. The lowest BCUT2D eigenvalue weighted by molar-refractivity contribution is 0.0934. The van der Waals surface area contributed by atoms with E-state index in [9.17, 15) is 9.90 Å². The largest absolute Gasteiger partial charge is 0.503 e. The fourth-order valence-corrected chi connectivity index (χ4v) is 5.91. The third-order valence-corrected chi connectivity index (χ3v) is 8.14. The number of hydrogen-bond donors (Lipinski definition) is 3. The molecule has 0 spiro atoms. The monoisotopic (exact) mass is 434 g/mol. The van der Waals surface area contributed by atoms with Crippen LogP contribution in [0.25, 0.3) is 0 Å². The number of methoxy groups -OCH3 is 1. The third-order valence-electron chi connectivity index (χ3n) is 6.66. The summed E-state index contributed by atoms with van der Waals surface area (Å²) >= 11 is 7.84. The maximum absolute atomic E-state index is 13.0. The summed E-state index contributed by atoms with van der Waals surface area (Å²) in [4.78, 5) is 14.3. The lowest BCUT2D eigenvalue weighted by atomic mass is 9.69. The van der Waals surface area contributed by atoms with Gasteiger partial charge in [0.2, 0.25) is 0 Å². The highest BCUT2D eigenvalue weighted by Crippen LogP contribution is 2.47. The number of carbonyl (C=O) groups excluding carboxylic acids is 1. The van der Waals surface area contributed by atoms with Crippen molar-refractivity contribution >= 4 is 33.8 Å². The quantitative estimate of drug-likeness (QED) is 0.593. The van der Waals surface area contributed by atoms with Crippen molar-refractivity contribution in [2.24, 2.45) is 11.3 Å². The summed E-state index contributed by atoms with van der Waals surface area (Å²) in [6.45, 7) is 6.95. The second-order valence-corrected chi connectivity index (χ2v) is 10.1. The number of ether oxygens (including phenoxy) is 1. The average molecular weight is 435 g/mol. The first kappa shape index (κ1) is 20.4. The van der Waals surface area contributed by atoms with Crippen LogP contribution in [-0.2, 0) is 12.8 Å². The summed E-state index contributed by atoms with van der Waals surface area (Å²) < 4.78 is 5.20. The Morgan fingerprint density at radius 2 is 2.10 bits per heavy atom. The Morgan fingerprint density at radius 3 is 2.79 bits per heavy atom. The second kappa shape index (κ2) is 7.40. The Morgan fingerprint density at radius 1 is 1.34 bits per heavy atom. The topological polar surface area (TPSA) is 70.6 Å². The van der Waals surface area contributed by atoms with Gasteiger partial charge < -0.3 is 20.5 Å². The van der Waals surface area contributed by atoms with Crippen LogP contribution in [-0.4, -0.2) is 18.1 Å². The molecule has 0 saturated heterocycles. The van der Waals surface area contributed by atoms with E-state index >= 15 is 0 Å². The lowest BCUT2D eigenvalue weighted by Gasteiger charge is -2.36. The Labute approximate surface area is 180 Å². The van der Waals surface area contributed by atoms with Crippen LogP contribution < -0.4 is 15.4 Å². The number of thiophene rings is 1. The van der Waals surface area contributed by atoms with Crippen LogP contribution in [0, 0.1) is 11.3 Å². The molecule has 0 saturated carbocycles. The number of phenols is 1. The third kappa shape index (κ3) is 3.46. The van der Waals surface area contributed by atoms with E-state index in [0.717, 1.165) is 41.8 Å². The van der Waals surface area contributed by atoms with E-state index in [2.05, 4.69) is 31.4 Å². The first-order valence-corrected chi connectivity index (χ1v) is 11.2. The van der Waals surface area contributed by atoms with Gasteiger partial charge >= 0.3 is 0 Å². The minimum atomic E-state index is -0.426. The molecule has 2 atom stereocenters. The van der Waals surface area contributed by atoms with Crippen LogP contribution in [0.1, 0.15) is 66.1 Å². The van der Waals surface area contributed by atoms with Crippen LogP contribution in [0.5, 0.6) is 11.5 Å². The number of carbonyl (C=O) groups is 1. The number of phenolic OH excluding ortho intramolecular Hbond substituents is 1. The van der Waals surface area contributed by atoms with Crippen molar-refractivity contribution in [2.45, 2.75) is 52.6 Å². The summed E-state index contributed by atoms with van der Waals surface area (Å²) in [5, 5.41) is 17.6. The molecule has 0 radical (unpaired) electrons. The van der Waals surface area contributed by atoms with Gasteiger partial charge in [-0.15, -0.1) is 11.3 Å². The van der Waals surface area contributed by atoms with Crippen molar-refractivity contribution in [3.8, 4) is 11.5 Å². The Hall–Kier alpha value is -1.92. The summed E-state index contributed by atoms with van der Waals surface area (Å²) in [5.74, 6) is 0.762. The van der Waals surface area contributed by atoms with Gasteiger partial charge in [0.1, 0.15) is 11.2 Å². The molecule has 7 heteroatoms. The molecule has 1 amide bonds. The van der Waals surface area contributed by atoms with E-state index in [4.69, 9.17) is 16.3 Å². The minimum Gasteiger partial charge on any atom is -0.503 e. The molecule has 0 bridgehead atoms. The number of benzene rings is 1. The van der Waals surface area contributed by atoms with Crippen molar-refractivity contribution in [1.29, 1.82) is 0 Å². The van der Waals surface area contributed by atoms with Crippen molar-refractivity contribution in [3.63, 3.8) is 0 Å². The number of rotatable bonds is 4. The van der Waals surface area contributed by atoms with Gasteiger partial charge in [-0.05, 0) is 53.9 Å². The molecule has 0 fully saturated rings. The number of anilines is 1. The molecule has 1 aromatic heterocycles. The van der Waals surface area contributed by atoms with Crippen LogP contribution >= 0.6 is 22.9 Å². The standard InChI is InChI=1S/C22H27ClN2O3S/c1-5-22(2,3)12-6-7-13-16(10-12)29-21-17(13)20(27)24-19(25-21)11-8-14(23)18(26)15(9-11)28-4/h8-9,12,19,25-26H,5-7,10H2,1-4H3,(H,24,27)/t12-,19-/m1/s1. The predicted octanol–water partition coefficient (Wildman–Crippen LogP) is 5.51. The van der Waals surface area contributed by atoms with E-state index in [1.807, 2.05) is 0 Å². The Bertz CT molecular complexity index is 969. The number of aromatic hydroxyl groups is 1. The second-order valence-electron chi connectivity index (χ2n) is 8.59. The van der Waals surface area contributed by atoms with Crippen molar-refractivity contribution in [3.05, 3.63) is 38.7 Å². The predicted molar refractivity (Wildman–Crippen MR) is 117 cm³/mol. The fourth-order valence-electron chi connectivity index (χ4n) is 4.34. The van der Waals surface area contributed by atoms with Gasteiger partial charge in [-0.3, -0.25) is 4.79 Å². The molecule has 0 unspecified atom stereocenters. The molecular formula is C22H27ClN2O3S. The Balaban J connectivity index is 1.65. The van der Waals surface area contributed by atoms with E-state index in [1.165, 1.54) is 17.6 Å². The zero-order chi connectivity index (χ0) is 20.9. The zero-order valence-corrected chi connectivity index (χ0v) is 18.8. The Kier molecular flexibility index (Phi) is 5.20. The highest BCUT2D eigenvalue weighted by atomic mass is 35.5. The van der Waals surface area contributed by atoms with Gasteiger partial charge in [0.25, 0.3) is 5.91 Å². The SMILES string of the molecule is CCC(C)(C)[C@@H]1CCc2c(sc3c2C(=O)N[C@@H](c2cc(Cl)c(O)c(OC)c2)N3)C1. The minimum absolute atomic E-state index is 0.0578. The van der Waals surface area contributed by atoms with E-state index < -0.39 is 6.17 Å². The molecule has 1 aliphatic heterocycles. The summed E-state index contributed by atoms with van der Waals surface area (Å²) in [6, 6.07) is 3.34. The summed E-state index contributed by atoms with van der Waals surface area (Å²) in [6.07, 6.45) is 3.84. The first-order valence-electron chi connectivity index (χ1n) is 10.0. The molecule has 2 aliphatic rings. The fraction of sp³-hybridized carbons (Fsp3) is 0.500. The van der Waals surface area contributed by atoms with Gasteiger partial charge in [0.15, 0.2) is 11.5 Å². The normalized spacial score (nSPS) is 21.1.